The first kappa shape index (κ1) is 12.8. The van der Waals surface area contributed by atoms with E-state index in [0.29, 0.717) is 12.5 Å². The molecule has 0 N–H and O–H groups in total. The standard InChI is InChI=1S/C11H20F3N/c1-2-10-5-3-7-15(9-10)8-4-6-11(12,13)14/h10H,2-9H2,1H3. The Morgan fingerprint density at radius 1 is 1.33 bits per heavy atom. The molecule has 0 aliphatic carbocycles. The zero-order chi connectivity index (χ0) is 11.3. The summed E-state index contributed by atoms with van der Waals surface area (Å²) in [4.78, 5) is 2.18. The highest BCUT2D eigenvalue weighted by atomic mass is 19.4. The lowest BCUT2D eigenvalue weighted by atomic mass is 9.95. The molecule has 0 spiro atoms. The summed E-state index contributed by atoms with van der Waals surface area (Å²) in [6.45, 7) is 4.74. The van der Waals surface area contributed by atoms with Gasteiger partial charge in [-0.25, -0.2) is 0 Å². The lowest BCUT2D eigenvalue weighted by molar-refractivity contribution is -0.136. The van der Waals surface area contributed by atoms with Crippen LogP contribution < -0.4 is 0 Å². The molecule has 0 aromatic carbocycles. The number of hydrogen-bond acceptors (Lipinski definition) is 1. The Kier molecular flexibility index (Phi) is 4.90. The molecule has 1 aliphatic heterocycles. The molecule has 1 fully saturated rings. The fraction of sp³-hybridized carbons (Fsp3) is 1.00. The van der Waals surface area contributed by atoms with Gasteiger partial charge in [0.2, 0.25) is 0 Å². The van der Waals surface area contributed by atoms with Crippen LogP contribution in [0, 0.1) is 5.92 Å². The summed E-state index contributed by atoms with van der Waals surface area (Å²) in [5, 5.41) is 0. The largest absolute Gasteiger partial charge is 0.389 e. The Bertz CT molecular complexity index is 179. The quantitative estimate of drug-likeness (QED) is 0.705. The highest BCUT2D eigenvalue weighted by molar-refractivity contribution is 4.72. The molecule has 1 unspecified atom stereocenters. The van der Waals surface area contributed by atoms with Crippen LogP contribution in [0.25, 0.3) is 0 Å². The normalized spacial score (nSPS) is 24.4. The summed E-state index contributed by atoms with van der Waals surface area (Å²) in [6.07, 6.45) is -0.841. The van der Waals surface area contributed by atoms with Crippen molar-refractivity contribution in [2.75, 3.05) is 19.6 Å². The minimum atomic E-state index is -3.99. The van der Waals surface area contributed by atoms with E-state index in [9.17, 15) is 13.2 Å². The first-order chi connectivity index (χ1) is 7.01. The molecule has 0 aromatic rings. The number of halogens is 3. The van der Waals surface area contributed by atoms with E-state index >= 15 is 0 Å². The maximum Gasteiger partial charge on any atom is 0.389 e. The van der Waals surface area contributed by atoms with Gasteiger partial charge in [0, 0.05) is 13.0 Å². The van der Waals surface area contributed by atoms with E-state index in [1.165, 1.54) is 6.42 Å². The van der Waals surface area contributed by atoms with Crippen molar-refractivity contribution < 1.29 is 13.2 Å². The minimum Gasteiger partial charge on any atom is -0.303 e. The smallest absolute Gasteiger partial charge is 0.303 e. The lowest BCUT2D eigenvalue weighted by Gasteiger charge is -2.32. The number of likely N-dealkylation sites (tertiary alicyclic amines) is 1. The molecule has 0 amide bonds. The second-order valence-electron chi connectivity index (χ2n) is 4.44. The maximum atomic E-state index is 11.9. The third-order valence-electron chi connectivity index (χ3n) is 3.12. The van der Waals surface area contributed by atoms with Crippen LogP contribution in [-0.4, -0.2) is 30.7 Å². The Balaban J connectivity index is 2.15. The van der Waals surface area contributed by atoms with Crippen LogP contribution in [0.4, 0.5) is 13.2 Å². The van der Waals surface area contributed by atoms with Crippen molar-refractivity contribution in [3.8, 4) is 0 Å². The molecule has 90 valence electrons. The minimum absolute atomic E-state index is 0.250. The molecule has 0 bridgehead atoms. The second-order valence-corrected chi connectivity index (χ2v) is 4.44. The van der Waals surface area contributed by atoms with E-state index in [-0.39, 0.29) is 6.42 Å². The van der Waals surface area contributed by atoms with Crippen molar-refractivity contribution in [1.82, 2.24) is 4.90 Å². The Morgan fingerprint density at radius 3 is 2.67 bits per heavy atom. The van der Waals surface area contributed by atoms with Gasteiger partial charge in [0.15, 0.2) is 0 Å². The average molecular weight is 223 g/mol. The van der Waals surface area contributed by atoms with E-state index in [1.807, 2.05) is 0 Å². The van der Waals surface area contributed by atoms with Crippen LogP contribution in [0.15, 0.2) is 0 Å². The average Bonchev–Trinajstić information content (AvgIpc) is 2.16. The summed E-state index contributed by atoms with van der Waals surface area (Å²) in [5.74, 6) is 0.699. The molecule has 1 rings (SSSR count). The fourth-order valence-electron chi connectivity index (χ4n) is 2.19. The summed E-state index contributed by atoms with van der Waals surface area (Å²) in [7, 11) is 0. The van der Waals surface area contributed by atoms with Crippen molar-refractivity contribution in [2.45, 2.75) is 45.2 Å². The summed E-state index contributed by atoms with van der Waals surface area (Å²) in [5.41, 5.74) is 0. The highest BCUT2D eigenvalue weighted by Gasteiger charge is 2.27. The fourth-order valence-corrected chi connectivity index (χ4v) is 2.19. The van der Waals surface area contributed by atoms with Crippen molar-refractivity contribution in [3.05, 3.63) is 0 Å². The van der Waals surface area contributed by atoms with Gasteiger partial charge in [-0.1, -0.05) is 13.3 Å². The number of alkyl halides is 3. The third-order valence-corrected chi connectivity index (χ3v) is 3.12. The van der Waals surface area contributed by atoms with E-state index in [4.69, 9.17) is 0 Å². The zero-order valence-corrected chi connectivity index (χ0v) is 9.32. The highest BCUT2D eigenvalue weighted by Crippen LogP contribution is 2.23. The van der Waals surface area contributed by atoms with Gasteiger partial charge in [-0.3, -0.25) is 0 Å². The molecule has 1 aliphatic rings. The van der Waals surface area contributed by atoms with Gasteiger partial charge in [0.05, 0.1) is 0 Å². The third kappa shape index (κ3) is 5.40. The first-order valence-corrected chi connectivity index (χ1v) is 5.80. The summed E-state index contributed by atoms with van der Waals surface area (Å²) >= 11 is 0. The molecular weight excluding hydrogens is 203 g/mol. The van der Waals surface area contributed by atoms with Crippen molar-refractivity contribution in [3.63, 3.8) is 0 Å². The number of nitrogens with zero attached hydrogens (tertiary/aromatic N) is 1. The summed E-state index contributed by atoms with van der Waals surface area (Å²) < 4.78 is 35.8. The molecule has 1 atom stereocenters. The van der Waals surface area contributed by atoms with Gasteiger partial charge in [-0.2, -0.15) is 13.2 Å². The Labute approximate surface area is 89.6 Å². The van der Waals surface area contributed by atoms with Crippen LogP contribution in [0.5, 0.6) is 0 Å². The zero-order valence-electron chi connectivity index (χ0n) is 9.32. The Hall–Kier alpha value is -0.250. The van der Waals surface area contributed by atoms with Gasteiger partial charge in [0.1, 0.15) is 0 Å². The van der Waals surface area contributed by atoms with E-state index in [0.717, 1.165) is 25.9 Å². The van der Waals surface area contributed by atoms with Crippen LogP contribution >= 0.6 is 0 Å². The topological polar surface area (TPSA) is 3.24 Å². The molecule has 1 nitrogen and oxygen atoms in total. The predicted octanol–water partition coefficient (Wildman–Crippen LogP) is 3.45. The van der Waals surface area contributed by atoms with E-state index in [2.05, 4.69) is 11.8 Å². The molecule has 0 radical (unpaired) electrons. The van der Waals surface area contributed by atoms with Crippen LogP contribution in [0.2, 0.25) is 0 Å². The number of hydrogen-bond donors (Lipinski definition) is 0. The van der Waals surface area contributed by atoms with Crippen LogP contribution in [0.3, 0.4) is 0 Å². The Morgan fingerprint density at radius 2 is 2.07 bits per heavy atom. The molecule has 1 heterocycles. The molecule has 0 saturated carbocycles. The molecule has 1 saturated heterocycles. The first-order valence-electron chi connectivity index (χ1n) is 5.80. The molecule has 4 heteroatoms. The van der Waals surface area contributed by atoms with Crippen molar-refractivity contribution in [2.24, 2.45) is 5.92 Å². The number of rotatable bonds is 4. The van der Waals surface area contributed by atoms with E-state index < -0.39 is 12.6 Å². The second kappa shape index (κ2) is 5.73. The van der Waals surface area contributed by atoms with Crippen LogP contribution in [-0.2, 0) is 0 Å². The summed E-state index contributed by atoms with van der Waals surface area (Å²) in [6, 6.07) is 0. The van der Waals surface area contributed by atoms with Gasteiger partial charge in [0.25, 0.3) is 0 Å². The van der Waals surface area contributed by atoms with Crippen molar-refractivity contribution in [1.29, 1.82) is 0 Å². The van der Waals surface area contributed by atoms with E-state index in [1.54, 1.807) is 0 Å². The van der Waals surface area contributed by atoms with Gasteiger partial charge in [-0.05, 0) is 38.3 Å². The molecule has 0 aromatic heterocycles. The monoisotopic (exact) mass is 223 g/mol. The molecule has 15 heavy (non-hydrogen) atoms. The van der Waals surface area contributed by atoms with Crippen LogP contribution in [0.1, 0.15) is 39.0 Å². The van der Waals surface area contributed by atoms with Crippen molar-refractivity contribution >= 4 is 0 Å². The molecular formula is C11H20F3N. The SMILES string of the molecule is CCC1CCCN(CCCC(F)(F)F)C1. The van der Waals surface area contributed by atoms with Gasteiger partial charge < -0.3 is 4.90 Å². The predicted molar refractivity (Wildman–Crippen MR) is 54.7 cm³/mol. The number of piperidine rings is 1. The lowest BCUT2D eigenvalue weighted by Crippen LogP contribution is -2.36. The van der Waals surface area contributed by atoms with Gasteiger partial charge >= 0.3 is 6.18 Å². The van der Waals surface area contributed by atoms with Gasteiger partial charge in [-0.15, -0.1) is 0 Å². The maximum absolute atomic E-state index is 11.9.